The lowest BCUT2D eigenvalue weighted by Gasteiger charge is -2.21. The third-order valence-electron chi connectivity index (χ3n) is 4.05. The average molecular weight is 427 g/mol. The van der Waals surface area contributed by atoms with E-state index in [0.29, 0.717) is 39.8 Å². The standard InChI is InChI=1S/C18H20F3N5O2S/c1-11-9-14(25(4)23-11)16(27)26(8-7-24(2)3)17-22-13-6-5-12(10-15(13)29-17)28-18(19,20)21/h5-6,9-10H,7-8H2,1-4H3. The van der Waals surface area contributed by atoms with Crippen molar-refractivity contribution < 1.29 is 22.7 Å². The van der Waals surface area contributed by atoms with E-state index in [2.05, 4.69) is 14.8 Å². The Morgan fingerprint density at radius 3 is 2.55 bits per heavy atom. The number of aryl methyl sites for hydroxylation is 2. The van der Waals surface area contributed by atoms with Crippen molar-refractivity contribution in [1.29, 1.82) is 0 Å². The zero-order valence-corrected chi connectivity index (χ0v) is 17.1. The fraction of sp³-hybridized carbons (Fsp3) is 0.389. The summed E-state index contributed by atoms with van der Waals surface area (Å²) in [4.78, 5) is 21.1. The zero-order valence-electron chi connectivity index (χ0n) is 16.3. The molecule has 2 heterocycles. The summed E-state index contributed by atoms with van der Waals surface area (Å²) >= 11 is 1.13. The number of likely N-dealkylation sites (N-methyl/N-ethyl adjacent to an activating group) is 1. The third-order valence-corrected chi connectivity index (χ3v) is 5.09. The molecule has 0 fully saturated rings. The van der Waals surface area contributed by atoms with Crippen LogP contribution in [0.4, 0.5) is 18.3 Å². The maximum absolute atomic E-state index is 13.2. The van der Waals surface area contributed by atoms with Crippen LogP contribution < -0.4 is 9.64 Å². The molecule has 2 aromatic heterocycles. The van der Waals surface area contributed by atoms with Gasteiger partial charge in [0.05, 0.1) is 15.9 Å². The maximum atomic E-state index is 13.2. The minimum absolute atomic E-state index is 0.277. The number of hydrogen-bond donors (Lipinski definition) is 0. The summed E-state index contributed by atoms with van der Waals surface area (Å²) in [6.45, 7) is 2.74. The largest absolute Gasteiger partial charge is 0.573 e. The van der Waals surface area contributed by atoms with Gasteiger partial charge in [0.1, 0.15) is 11.4 Å². The number of rotatable bonds is 6. The van der Waals surface area contributed by atoms with Gasteiger partial charge in [-0.15, -0.1) is 13.2 Å². The van der Waals surface area contributed by atoms with Gasteiger partial charge in [0.25, 0.3) is 5.91 Å². The number of halogens is 3. The normalized spacial score (nSPS) is 12.0. The molecule has 0 bridgehead atoms. The van der Waals surface area contributed by atoms with Crippen LogP contribution in [-0.2, 0) is 7.05 Å². The van der Waals surface area contributed by atoms with Gasteiger partial charge in [-0.1, -0.05) is 11.3 Å². The molecule has 29 heavy (non-hydrogen) atoms. The second kappa shape index (κ2) is 7.99. The molecule has 3 aromatic rings. The molecule has 1 aromatic carbocycles. The van der Waals surface area contributed by atoms with Crippen LogP contribution in [0.1, 0.15) is 16.2 Å². The number of alkyl halides is 3. The van der Waals surface area contributed by atoms with E-state index in [1.165, 1.54) is 27.8 Å². The molecule has 1 amide bonds. The van der Waals surface area contributed by atoms with Crippen LogP contribution >= 0.6 is 11.3 Å². The topological polar surface area (TPSA) is 63.5 Å². The van der Waals surface area contributed by atoms with Crippen molar-refractivity contribution in [2.75, 3.05) is 32.1 Å². The molecule has 0 spiro atoms. The van der Waals surface area contributed by atoms with Crippen LogP contribution in [0.15, 0.2) is 24.3 Å². The van der Waals surface area contributed by atoms with Gasteiger partial charge in [0.2, 0.25) is 0 Å². The summed E-state index contributed by atoms with van der Waals surface area (Å²) in [7, 11) is 5.45. The minimum Gasteiger partial charge on any atom is -0.406 e. The highest BCUT2D eigenvalue weighted by molar-refractivity contribution is 7.22. The van der Waals surface area contributed by atoms with E-state index in [0.717, 1.165) is 11.3 Å². The van der Waals surface area contributed by atoms with Gasteiger partial charge in [0.15, 0.2) is 5.13 Å². The van der Waals surface area contributed by atoms with E-state index in [1.807, 2.05) is 19.0 Å². The predicted molar refractivity (Wildman–Crippen MR) is 104 cm³/mol. The van der Waals surface area contributed by atoms with Gasteiger partial charge < -0.3 is 9.64 Å². The molecule has 0 unspecified atom stereocenters. The summed E-state index contributed by atoms with van der Waals surface area (Å²) in [5.41, 5.74) is 1.60. The van der Waals surface area contributed by atoms with Crippen molar-refractivity contribution in [1.82, 2.24) is 19.7 Å². The summed E-state index contributed by atoms with van der Waals surface area (Å²) in [6, 6.07) is 5.61. The number of carbonyl (C=O) groups is 1. The molecule has 0 radical (unpaired) electrons. The Morgan fingerprint density at radius 1 is 1.24 bits per heavy atom. The fourth-order valence-electron chi connectivity index (χ4n) is 2.74. The number of nitrogens with zero attached hydrogens (tertiary/aromatic N) is 5. The van der Waals surface area contributed by atoms with Crippen LogP contribution in [-0.4, -0.2) is 59.1 Å². The highest BCUT2D eigenvalue weighted by Crippen LogP contribution is 2.33. The molecular weight excluding hydrogens is 407 g/mol. The summed E-state index contributed by atoms with van der Waals surface area (Å²) in [6.07, 6.45) is -4.77. The Labute approximate surface area is 169 Å². The number of aromatic nitrogens is 3. The summed E-state index contributed by atoms with van der Waals surface area (Å²) in [5, 5.41) is 4.61. The number of carbonyl (C=O) groups excluding carboxylic acids is 1. The highest BCUT2D eigenvalue weighted by atomic mass is 32.1. The molecule has 0 atom stereocenters. The molecule has 156 valence electrons. The van der Waals surface area contributed by atoms with Crippen LogP contribution in [0.2, 0.25) is 0 Å². The van der Waals surface area contributed by atoms with Gasteiger partial charge >= 0.3 is 6.36 Å². The monoisotopic (exact) mass is 427 g/mol. The first kappa shape index (κ1) is 21.1. The number of ether oxygens (including phenoxy) is 1. The first-order valence-electron chi connectivity index (χ1n) is 8.67. The van der Waals surface area contributed by atoms with E-state index >= 15 is 0 Å². The Morgan fingerprint density at radius 2 is 1.97 bits per heavy atom. The molecule has 0 N–H and O–H groups in total. The number of fused-ring (bicyclic) bond motifs is 1. The third kappa shape index (κ3) is 5.04. The molecule has 0 saturated carbocycles. The SMILES string of the molecule is Cc1cc(C(=O)N(CCN(C)C)c2nc3ccc(OC(F)(F)F)cc3s2)n(C)n1. The Kier molecular flexibility index (Phi) is 5.80. The Hall–Kier alpha value is -2.66. The van der Waals surface area contributed by atoms with Crippen LogP contribution in [0, 0.1) is 6.92 Å². The fourth-order valence-corrected chi connectivity index (χ4v) is 3.76. The maximum Gasteiger partial charge on any atom is 0.573 e. The van der Waals surface area contributed by atoms with Crippen molar-refractivity contribution >= 4 is 32.6 Å². The van der Waals surface area contributed by atoms with Crippen molar-refractivity contribution in [3.05, 3.63) is 35.7 Å². The molecule has 0 aliphatic carbocycles. The first-order chi connectivity index (χ1) is 13.5. The smallest absolute Gasteiger partial charge is 0.406 e. The Balaban J connectivity index is 1.97. The highest BCUT2D eigenvalue weighted by Gasteiger charge is 2.31. The number of amides is 1. The van der Waals surface area contributed by atoms with Gasteiger partial charge in [-0.05, 0) is 39.2 Å². The first-order valence-corrected chi connectivity index (χ1v) is 9.49. The van der Waals surface area contributed by atoms with Crippen molar-refractivity contribution in [2.45, 2.75) is 13.3 Å². The molecule has 3 rings (SSSR count). The number of anilines is 1. The molecule has 0 saturated heterocycles. The molecule has 11 heteroatoms. The molecule has 7 nitrogen and oxygen atoms in total. The second-order valence-corrected chi connectivity index (χ2v) is 7.74. The quantitative estimate of drug-likeness (QED) is 0.603. The van der Waals surface area contributed by atoms with Crippen LogP contribution in [0.25, 0.3) is 10.2 Å². The van der Waals surface area contributed by atoms with Gasteiger partial charge in [-0.3, -0.25) is 14.4 Å². The van der Waals surface area contributed by atoms with Crippen LogP contribution in [0.5, 0.6) is 5.75 Å². The molecule has 0 aliphatic heterocycles. The molecular formula is C18H20F3N5O2S. The predicted octanol–water partition coefficient (Wildman–Crippen LogP) is 3.45. The van der Waals surface area contributed by atoms with E-state index in [-0.39, 0.29) is 11.7 Å². The van der Waals surface area contributed by atoms with Gasteiger partial charge in [0, 0.05) is 26.2 Å². The van der Waals surface area contributed by atoms with Crippen molar-refractivity contribution in [2.24, 2.45) is 7.05 Å². The summed E-state index contributed by atoms with van der Waals surface area (Å²) in [5.74, 6) is -0.602. The zero-order chi connectivity index (χ0) is 21.3. The number of benzene rings is 1. The van der Waals surface area contributed by atoms with E-state index in [4.69, 9.17) is 0 Å². The van der Waals surface area contributed by atoms with Gasteiger partial charge in [-0.25, -0.2) is 4.98 Å². The minimum atomic E-state index is -4.77. The van der Waals surface area contributed by atoms with E-state index in [1.54, 1.807) is 20.0 Å². The number of thiazole rings is 1. The lowest BCUT2D eigenvalue weighted by Crippen LogP contribution is -2.37. The molecule has 0 aliphatic rings. The van der Waals surface area contributed by atoms with E-state index < -0.39 is 6.36 Å². The second-order valence-electron chi connectivity index (χ2n) is 6.73. The average Bonchev–Trinajstić information content (AvgIpc) is 3.15. The van der Waals surface area contributed by atoms with Gasteiger partial charge in [-0.2, -0.15) is 5.10 Å². The Bertz CT molecular complexity index is 1030. The summed E-state index contributed by atoms with van der Waals surface area (Å²) < 4.78 is 43.4. The van der Waals surface area contributed by atoms with Crippen molar-refractivity contribution in [3.63, 3.8) is 0 Å². The lowest BCUT2D eigenvalue weighted by molar-refractivity contribution is -0.274. The number of hydrogen-bond acceptors (Lipinski definition) is 6. The lowest BCUT2D eigenvalue weighted by atomic mass is 10.3. The van der Waals surface area contributed by atoms with Crippen molar-refractivity contribution in [3.8, 4) is 5.75 Å². The van der Waals surface area contributed by atoms with Crippen LogP contribution in [0.3, 0.4) is 0 Å². The van der Waals surface area contributed by atoms with E-state index in [9.17, 15) is 18.0 Å².